The summed E-state index contributed by atoms with van der Waals surface area (Å²) in [5, 5.41) is 12.8. The van der Waals surface area contributed by atoms with Gasteiger partial charge < -0.3 is 15.2 Å². The zero-order chi connectivity index (χ0) is 14.3. The molecule has 0 aliphatic rings. The summed E-state index contributed by atoms with van der Waals surface area (Å²) >= 11 is 0. The molecule has 1 unspecified atom stereocenters. The Morgan fingerprint density at radius 2 is 1.95 bits per heavy atom. The van der Waals surface area contributed by atoms with Crippen LogP contribution in [-0.4, -0.2) is 30.3 Å². The molecule has 0 radical (unpaired) electrons. The van der Waals surface area contributed by atoms with E-state index in [9.17, 15) is 9.90 Å². The first-order chi connectivity index (χ1) is 9.02. The van der Waals surface area contributed by atoms with Gasteiger partial charge in [-0.05, 0) is 30.5 Å². The summed E-state index contributed by atoms with van der Waals surface area (Å²) in [7, 11) is 0. The number of esters is 1. The molecule has 0 saturated carbocycles. The van der Waals surface area contributed by atoms with E-state index in [-0.39, 0.29) is 12.4 Å². The average Bonchev–Trinajstić information content (AvgIpc) is 2.37. The highest BCUT2D eigenvalue weighted by Gasteiger charge is 2.11. The summed E-state index contributed by atoms with van der Waals surface area (Å²) in [6.45, 7) is 6.71. The van der Waals surface area contributed by atoms with Crippen molar-refractivity contribution in [3.05, 3.63) is 29.8 Å². The Morgan fingerprint density at radius 3 is 2.47 bits per heavy atom. The number of anilines is 1. The second kappa shape index (κ2) is 7.79. The molecule has 2 N–H and O–H groups in total. The van der Waals surface area contributed by atoms with E-state index in [2.05, 4.69) is 31.3 Å². The zero-order valence-corrected chi connectivity index (χ0v) is 11.8. The Bertz CT molecular complexity index is 387. The molecular weight excluding hydrogens is 242 g/mol. The lowest BCUT2D eigenvalue weighted by molar-refractivity contribution is -0.145. The first-order valence-corrected chi connectivity index (χ1v) is 6.70. The molecule has 0 spiro atoms. The Balaban J connectivity index is 2.37. The molecule has 0 aliphatic carbocycles. The number of hydrogen-bond donors (Lipinski definition) is 2. The van der Waals surface area contributed by atoms with E-state index in [0.717, 1.165) is 5.69 Å². The third-order valence-corrected chi connectivity index (χ3v) is 2.83. The Kier molecular flexibility index (Phi) is 6.36. The van der Waals surface area contributed by atoms with Gasteiger partial charge in [-0.15, -0.1) is 0 Å². The molecule has 1 rings (SSSR count). The average molecular weight is 265 g/mol. The van der Waals surface area contributed by atoms with Crippen molar-refractivity contribution in [3.63, 3.8) is 0 Å². The molecule has 0 aromatic heterocycles. The molecule has 0 bridgehead atoms. The van der Waals surface area contributed by atoms with E-state index in [4.69, 9.17) is 4.74 Å². The maximum absolute atomic E-state index is 11.2. The number of carbonyl (C=O) groups excluding carboxylic acids is 1. The molecule has 1 atom stereocenters. The van der Waals surface area contributed by atoms with Gasteiger partial charge in [-0.25, -0.2) is 0 Å². The fourth-order valence-electron chi connectivity index (χ4n) is 1.71. The van der Waals surface area contributed by atoms with Crippen molar-refractivity contribution in [2.75, 3.05) is 18.5 Å². The van der Waals surface area contributed by atoms with E-state index in [0.29, 0.717) is 19.1 Å². The standard InChI is InChI=1S/C15H23NO3/c1-4-19-15(18)9-14(17)10-16-13-7-5-12(6-8-13)11(2)3/h5-8,11,14,16-17H,4,9-10H2,1-3H3. The summed E-state index contributed by atoms with van der Waals surface area (Å²) < 4.78 is 4.78. The van der Waals surface area contributed by atoms with Gasteiger partial charge in [0, 0.05) is 12.2 Å². The lowest BCUT2D eigenvalue weighted by Crippen LogP contribution is -2.23. The minimum atomic E-state index is -0.733. The van der Waals surface area contributed by atoms with Crippen LogP contribution >= 0.6 is 0 Å². The van der Waals surface area contributed by atoms with E-state index < -0.39 is 6.10 Å². The molecule has 19 heavy (non-hydrogen) atoms. The number of nitrogens with one attached hydrogen (secondary N) is 1. The van der Waals surface area contributed by atoms with Crippen LogP contribution in [0.3, 0.4) is 0 Å². The topological polar surface area (TPSA) is 58.6 Å². The van der Waals surface area contributed by atoms with Gasteiger partial charge >= 0.3 is 5.97 Å². The number of hydrogen-bond acceptors (Lipinski definition) is 4. The minimum absolute atomic E-state index is 0.0188. The first kappa shape index (κ1) is 15.5. The van der Waals surface area contributed by atoms with E-state index in [1.165, 1.54) is 5.56 Å². The van der Waals surface area contributed by atoms with Gasteiger partial charge in [0.15, 0.2) is 0 Å². The highest BCUT2D eigenvalue weighted by Crippen LogP contribution is 2.17. The monoisotopic (exact) mass is 265 g/mol. The molecule has 0 saturated heterocycles. The van der Waals surface area contributed by atoms with Crippen LogP contribution in [0.25, 0.3) is 0 Å². The molecule has 4 heteroatoms. The number of aliphatic hydroxyl groups excluding tert-OH is 1. The molecule has 1 aromatic rings. The maximum atomic E-state index is 11.2. The summed E-state index contributed by atoms with van der Waals surface area (Å²) in [6, 6.07) is 8.08. The van der Waals surface area contributed by atoms with Gasteiger partial charge in [-0.1, -0.05) is 26.0 Å². The number of carbonyl (C=O) groups is 1. The number of benzene rings is 1. The minimum Gasteiger partial charge on any atom is -0.466 e. The van der Waals surface area contributed by atoms with E-state index in [1.54, 1.807) is 6.92 Å². The zero-order valence-electron chi connectivity index (χ0n) is 11.8. The van der Waals surface area contributed by atoms with E-state index >= 15 is 0 Å². The van der Waals surface area contributed by atoms with Crippen LogP contribution in [0.1, 0.15) is 38.7 Å². The lowest BCUT2D eigenvalue weighted by atomic mass is 10.0. The predicted octanol–water partition coefficient (Wildman–Crippen LogP) is 2.54. The number of ether oxygens (including phenoxy) is 1. The summed E-state index contributed by atoms with van der Waals surface area (Å²) in [5.74, 6) is 0.135. The molecule has 0 aliphatic heterocycles. The SMILES string of the molecule is CCOC(=O)CC(O)CNc1ccc(C(C)C)cc1. The van der Waals surface area contributed by atoms with Crippen LogP contribution < -0.4 is 5.32 Å². The molecule has 0 heterocycles. The van der Waals surface area contributed by atoms with Crippen molar-refractivity contribution in [1.82, 2.24) is 0 Å². The van der Waals surface area contributed by atoms with Gasteiger partial charge in [-0.3, -0.25) is 4.79 Å². The molecule has 0 amide bonds. The molecule has 106 valence electrons. The van der Waals surface area contributed by atoms with Crippen molar-refractivity contribution in [1.29, 1.82) is 0 Å². The quantitative estimate of drug-likeness (QED) is 0.744. The molecule has 1 aromatic carbocycles. The van der Waals surface area contributed by atoms with Gasteiger partial charge in [0.1, 0.15) is 0 Å². The highest BCUT2D eigenvalue weighted by atomic mass is 16.5. The maximum Gasteiger partial charge on any atom is 0.308 e. The molecular formula is C15H23NO3. The van der Waals surface area contributed by atoms with Crippen LogP contribution in [0, 0.1) is 0 Å². The fraction of sp³-hybridized carbons (Fsp3) is 0.533. The van der Waals surface area contributed by atoms with Crippen molar-refractivity contribution in [3.8, 4) is 0 Å². The third-order valence-electron chi connectivity index (χ3n) is 2.83. The van der Waals surface area contributed by atoms with Crippen LogP contribution in [0.5, 0.6) is 0 Å². The van der Waals surface area contributed by atoms with Gasteiger partial charge in [0.05, 0.1) is 19.1 Å². The smallest absolute Gasteiger partial charge is 0.308 e. The van der Waals surface area contributed by atoms with Crippen molar-refractivity contribution in [2.45, 2.75) is 39.2 Å². The second-order valence-corrected chi connectivity index (χ2v) is 4.82. The Labute approximate surface area is 114 Å². The van der Waals surface area contributed by atoms with Crippen LogP contribution in [0.2, 0.25) is 0 Å². The largest absolute Gasteiger partial charge is 0.466 e. The molecule has 0 fully saturated rings. The van der Waals surface area contributed by atoms with E-state index in [1.807, 2.05) is 12.1 Å². The number of rotatable bonds is 7. The lowest BCUT2D eigenvalue weighted by Gasteiger charge is -2.13. The predicted molar refractivity (Wildman–Crippen MR) is 76.3 cm³/mol. The van der Waals surface area contributed by atoms with Crippen LogP contribution in [-0.2, 0) is 9.53 Å². The normalized spacial score (nSPS) is 12.3. The Hall–Kier alpha value is -1.55. The fourth-order valence-corrected chi connectivity index (χ4v) is 1.71. The molecule has 4 nitrogen and oxygen atoms in total. The van der Waals surface area contributed by atoms with Crippen molar-refractivity contribution in [2.24, 2.45) is 0 Å². The van der Waals surface area contributed by atoms with Gasteiger partial charge in [-0.2, -0.15) is 0 Å². The van der Waals surface area contributed by atoms with Crippen molar-refractivity contribution >= 4 is 11.7 Å². The second-order valence-electron chi connectivity index (χ2n) is 4.82. The van der Waals surface area contributed by atoms with Crippen LogP contribution in [0.15, 0.2) is 24.3 Å². The van der Waals surface area contributed by atoms with Crippen molar-refractivity contribution < 1.29 is 14.6 Å². The Morgan fingerprint density at radius 1 is 1.32 bits per heavy atom. The van der Waals surface area contributed by atoms with Crippen LogP contribution in [0.4, 0.5) is 5.69 Å². The summed E-state index contributed by atoms with van der Waals surface area (Å²) in [4.78, 5) is 11.2. The highest BCUT2D eigenvalue weighted by molar-refractivity contribution is 5.70. The summed E-state index contributed by atoms with van der Waals surface area (Å²) in [6.07, 6.45) is -0.714. The third kappa shape index (κ3) is 5.75. The number of aliphatic hydroxyl groups is 1. The summed E-state index contributed by atoms with van der Waals surface area (Å²) in [5.41, 5.74) is 2.21. The first-order valence-electron chi connectivity index (χ1n) is 6.70. The van der Waals surface area contributed by atoms with Gasteiger partial charge in [0.25, 0.3) is 0 Å². The van der Waals surface area contributed by atoms with Gasteiger partial charge in [0.2, 0.25) is 0 Å².